The Morgan fingerprint density at radius 2 is 1.93 bits per heavy atom. The van der Waals surface area contributed by atoms with Crippen LogP contribution in [0.3, 0.4) is 0 Å². The highest BCUT2D eigenvalue weighted by Crippen LogP contribution is 2.23. The summed E-state index contributed by atoms with van der Waals surface area (Å²) in [5.74, 6) is 0. The summed E-state index contributed by atoms with van der Waals surface area (Å²) in [6.45, 7) is 7.40. The minimum atomic E-state index is 0.243. The van der Waals surface area contributed by atoms with Gasteiger partial charge in [0.1, 0.15) is 0 Å². The summed E-state index contributed by atoms with van der Waals surface area (Å²) in [7, 11) is 3.93. The molecule has 0 aromatic heterocycles. The predicted molar refractivity (Wildman–Crippen MR) is 57.5 cm³/mol. The van der Waals surface area contributed by atoms with Crippen molar-refractivity contribution < 1.29 is 9.47 Å². The first-order valence-electron chi connectivity index (χ1n) is 5.44. The molecule has 0 spiro atoms. The standard InChI is InChI=1S/C11H23NO2/c1-8(2)14-9(3)11-10(13-5)6-7-12(11)4/h8-11H,6-7H2,1-5H3/t9-,10?,11?/m0/s1. The highest BCUT2D eigenvalue weighted by molar-refractivity contribution is 4.90. The van der Waals surface area contributed by atoms with E-state index >= 15 is 0 Å². The largest absolute Gasteiger partial charge is 0.380 e. The number of nitrogens with zero attached hydrogens (tertiary/aromatic N) is 1. The molecule has 84 valence electrons. The van der Waals surface area contributed by atoms with Gasteiger partial charge in [-0.3, -0.25) is 4.90 Å². The Hall–Kier alpha value is -0.120. The van der Waals surface area contributed by atoms with Gasteiger partial charge in [-0.2, -0.15) is 0 Å². The zero-order chi connectivity index (χ0) is 10.7. The van der Waals surface area contributed by atoms with Crippen molar-refractivity contribution in [3.05, 3.63) is 0 Å². The first-order chi connectivity index (χ1) is 6.56. The van der Waals surface area contributed by atoms with E-state index in [9.17, 15) is 0 Å². The SMILES string of the molecule is COC1CCN(C)C1[C@H](C)OC(C)C. The van der Waals surface area contributed by atoms with Gasteiger partial charge in [0, 0.05) is 13.7 Å². The van der Waals surface area contributed by atoms with E-state index in [1.165, 1.54) is 0 Å². The Morgan fingerprint density at radius 3 is 2.43 bits per heavy atom. The molecule has 3 atom stereocenters. The molecule has 1 rings (SSSR count). The highest BCUT2D eigenvalue weighted by atomic mass is 16.5. The van der Waals surface area contributed by atoms with Crippen LogP contribution in [0.15, 0.2) is 0 Å². The zero-order valence-electron chi connectivity index (χ0n) is 9.99. The van der Waals surface area contributed by atoms with Crippen LogP contribution in [0, 0.1) is 0 Å². The van der Waals surface area contributed by atoms with Crippen molar-refractivity contribution in [3.63, 3.8) is 0 Å². The average Bonchev–Trinajstić information content (AvgIpc) is 2.45. The molecule has 2 unspecified atom stereocenters. The lowest BCUT2D eigenvalue weighted by Crippen LogP contribution is -2.44. The molecule has 0 aromatic carbocycles. The molecule has 14 heavy (non-hydrogen) atoms. The second kappa shape index (κ2) is 5.10. The fourth-order valence-corrected chi connectivity index (χ4v) is 2.36. The third-order valence-corrected chi connectivity index (χ3v) is 2.93. The minimum Gasteiger partial charge on any atom is -0.380 e. The van der Waals surface area contributed by atoms with E-state index in [1.807, 2.05) is 0 Å². The van der Waals surface area contributed by atoms with Crippen LogP contribution < -0.4 is 0 Å². The number of likely N-dealkylation sites (tertiary alicyclic amines) is 1. The topological polar surface area (TPSA) is 21.7 Å². The van der Waals surface area contributed by atoms with Crippen molar-refractivity contribution in [1.29, 1.82) is 0 Å². The summed E-state index contributed by atoms with van der Waals surface area (Å²) < 4.78 is 11.3. The Morgan fingerprint density at radius 1 is 1.29 bits per heavy atom. The molecule has 1 aliphatic heterocycles. The average molecular weight is 201 g/mol. The Labute approximate surface area is 87.4 Å². The van der Waals surface area contributed by atoms with E-state index in [1.54, 1.807) is 7.11 Å². The van der Waals surface area contributed by atoms with Crippen LogP contribution in [-0.2, 0) is 9.47 Å². The van der Waals surface area contributed by atoms with E-state index in [2.05, 4.69) is 32.7 Å². The number of likely N-dealkylation sites (N-methyl/N-ethyl adjacent to an activating group) is 1. The maximum Gasteiger partial charge on any atom is 0.0763 e. The van der Waals surface area contributed by atoms with E-state index in [0.717, 1.165) is 13.0 Å². The molecule has 0 aliphatic carbocycles. The smallest absolute Gasteiger partial charge is 0.0763 e. The van der Waals surface area contributed by atoms with Gasteiger partial charge in [-0.25, -0.2) is 0 Å². The number of hydrogen-bond acceptors (Lipinski definition) is 3. The molecular formula is C11H23NO2. The highest BCUT2D eigenvalue weighted by Gasteiger charge is 2.36. The minimum absolute atomic E-state index is 0.243. The summed E-state index contributed by atoms with van der Waals surface area (Å²) in [6.07, 6.45) is 1.97. The maximum atomic E-state index is 5.81. The van der Waals surface area contributed by atoms with Crippen molar-refractivity contribution in [2.75, 3.05) is 20.7 Å². The van der Waals surface area contributed by atoms with Gasteiger partial charge in [0.15, 0.2) is 0 Å². The molecule has 0 bridgehead atoms. The predicted octanol–water partition coefficient (Wildman–Crippen LogP) is 1.52. The molecule has 0 aromatic rings. The fourth-order valence-electron chi connectivity index (χ4n) is 2.36. The van der Waals surface area contributed by atoms with Gasteiger partial charge in [-0.15, -0.1) is 0 Å². The van der Waals surface area contributed by atoms with Gasteiger partial charge in [-0.1, -0.05) is 0 Å². The molecule has 1 aliphatic rings. The van der Waals surface area contributed by atoms with Crippen LogP contribution in [-0.4, -0.2) is 50.0 Å². The third-order valence-electron chi connectivity index (χ3n) is 2.93. The van der Waals surface area contributed by atoms with Crippen molar-refractivity contribution >= 4 is 0 Å². The van der Waals surface area contributed by atoms with Crippen LogP contribution in [0.25, 0.3) is 0 Å². The zero-order valence-corrected chi connectivity index (χ0v) is 9.99. The van der Waals surface area contributed by atoms with Crippen molar-refractivity contribution in [2.45, 2.75) is 51.5 Å². The molecule has 0 saturated carbocycles. The first kappa shape index (κ1) is 12.0. The summed E-state index contributed by atoms with van der Waals surface area (Å²) in [5.41, 5.74) is 0. The monoisotopic (exact) mass is 201 g/mol. The normalized spacial score (nSPS) is 31.3. The number of ether oxygens (including phenoxy) is 2. The van der Waals surface area contributed by atoms with Crippen molar-refractivity contribution in [2.24, 2.45) is 0 Å². The van der Waals surface area contributed by atoms with Crippen LogP contribution in [0.4, 0.5) is 0 Å². The van der Waals surface area contributed by atoms with Crippen LogP contribution in [0.2, 0.25) is 0 Å². The molecule has 0 amide bonds. The van der Waals surface area contributed by atoms with E-state index in [4.69, 9.17) is 9.47 Å². The Bertz CT molecular complexity index is 173. The Kier molecular flexibility index (Phi) is 4.35. The summed E-state index contributed by atoms with van der Waals surface area (Å²) in [4.78, 5) is 2.33. The van der Waals surface area contributed by atoms with Gasteiger partial charge >= 0.3 is 0 Å². The fraction of sp³-hybridized carbons (Fsp3) is 1.00. The molecule has 3 heteroatoms. The number of rotatable bonds is 4. The quantitative estimate of drug-likeness (QED) is 0.688. The van der Waals surface area contributed by atoms with Crippen molar-refractivity contribution in [1.82, 2.24) is 4.90 Å². The van der Waals surface area contributed by atoms with Gasteiger partial charge in [0.2, 0.25) is 0 Å². The molecule has 1 heterocycles. The van der Waals surface area contributed by atoms with E-state index in [0.29, 0.717) is 12.1 Å². The lowest BCUT2D eigenvalue weighted by atomic mass is 10.1. The van der Waals surface area contributed by atoms with Crippen LogP contribution in [0.1, 0.15) is 27.2 Å². The summed E-state index contributed by atoms with van der Waals surface area (Å²) in [5, 5.41) is 0. The maximum absolute atomic E-state index is 5.81. The van der Waals surface area contributed by atoms with Gasteiger partial charge in [0.05, 0.1) is 24.4 Å². The summed E-state index contributed by atoms with van der Waals surface area (Å²) >= 11 is 0. The second-order valence-corrected chi connectivity index (χ2v) is 4.42. The van der Waals surface area contributed by atoms with Crippen LogP contribution >= 0.6 is 0 Å². The molecular weight excluding hydrogens is 178 g/mol. The second-order valence-electron chi connectivity index (χ2n) is 4.42. The number of methoxy groups -OCH3 is 1. The van der Waals surface area contributed by atoms with Gasteiger partial charge in [-0.05, 0) is 34.2 Å². The number of hydrogen-bond donors (Lipinski definition) is 0. The van der Waals surface area contributed by atoms with Crippen molar-refractivity contribution in [3.8, 4) is 0 Å². The first-order valence-corrected chi connectivity index (χ1v) is 5.44. The van der Waals surface area contributed by atoms with Gasteiger partial charge < -0.3 is 9.47 Å². The molecule has 0 N–H and O–H groups in total. The van der Waals surface area contributed by atoms with Crippen LogP contribution in [0.5, 0.6) is 0 Å². The lowest BCUT2D eigenvalue weighted by Gasteiger charge is -2.31. The summed E-state index contributed by atoms with van der Waals surface area (Å²) in [6, 6.07) is 0.405. The molecule has 1 saturated heterocycles. The third kappa shape index (κ3) is 2.69. The lowest BCUT2D eigenvalue weighted by molar-refractivity contribution is -0.0548. The van der Waals surface area contributed by atoms with E-state index in [-0.39, 0.29) is 12.2 Å². The Balaban J connectivity index is 2.54. The van der Waals surface area contributed by atoms with E-state index < -0.39 is 0 Å². The molecule has 0 radical (unpaired) electrons. The molecule has 3 nitrogen and oxygen atoms in total. The molecule has 1 fully saturated rings. The van der Waals surface area contributed by atoms with Gasteiger partial charge in [0.25, 0.3) is 0 Å².